The van der Waals surface area contributed by atoms with Crippen LogP contribution in [0.3, 0.4) is 0 Å². The Morgan fingerprint density at radius 3 is 3.15 bits per heavy atom. The maximum Gasteiger partial charge on any atom is 0.155 e. The second kappa shape index (κ2) is 3.53. The van der Waals surface area contributed by atoms with E-state index < -0.39 is 0 Å². The summed E-state index contributed by atoms with van der Waals surface area (Å²) in [6.45, 7) is 0.210. The van der Waals surface area contributed by atoms with Crippen LogP contribution in [0.2, 0.25) is 0 Å². The monoisotopic (exact) mass is 177 g/mol. The Morgan fingerprint density at radius 2 is 2.38 bits per heavy atom. The fourth-order valence-electron chi connectivity index (χ4n) is 1.26. The maximum absolute atomic E-state index is 8.65. The summed E-state index contributed by atoms with van der Waals surface area (Å²) in [4.78, 5) is 4.15. The molecule has 0 unspecified atom stereocenters. The Hall–Kier alpha value is -1.42. The van der Waals surface area contributed by atoms with Gasteiger partial charge >= 0.3 is 0 Å². The molecule has 0 saturated heterocycles. The number of nitrogens with zero attached hydrogens (tertiary/aromatic N) is 3. The van der Waals surface area contributed by atoms with Crippen LogP contribution in [0.25, 0.3) is 5.65 Å². The molecule has 1 N–H and O–H groups in total. The van der Waals surface area contributed by atoms with E-state index in [9.17, 15) is 0 Å². The molecule has 0 spiro atoms. The number of fused-ring (bicyclic) bond motifs is 1. The summed E-state index contributed by atoms with van der Waals surface area (Å²) in [6, 6.07) is 3.78. The second-order valence-corrected chi connectivity index (χ2v) is 2.89. The number of rotatable bonds is 3. The van der Waals surface area contributed by atoms with Gasteiger partial charge in [-0.25, -0.2) is 9.50 Å². The molecule has 2 aromatic rings. The minimum absolute atomic E-state index is 0.210. The van der Waals surface area contributed by atoms with E-state index in [1.165, 1.54) is 0 Å². The van der Waals surface area contributed by atoms with Crippen LogP contribution in [-0.2, 0) is 6.42 Å². The first-order valence-corrected chi connectivity index (χ1v) is 4.30. The Balaban J connectivity index is 2.28. The molecule has 0 atom stereocenters. The molecule has 0 saturated carbocycles. The van der Waals surface area contributed by atoms with Gasteiger partial charge in [0.1, 0.15) is 0 Å². The molecule has 0 amide bonds. The smallest absolute Gasteiger partial charge is 0.155 e. The van der Waals surface area contributed by atoms with Crippen molar-refractivity contribution in [1.29, 1.82) is 0 Å². The number of hydrogen-bond donors (Lipinski definition) is 1. The summed E-state index contributed by atoms with van der Waals surface area (Å²) < 4.78 is 1.74. The minimum Gasteiger partial charge on any atom is -0.396 e. The van der Waals surface area contributed by atoms with Gasteiger partial charge in [-0.3, -0.25) is 0 Å². The lowest BCUT2D eigenvalue weighted by molar-refractivity contribution is 0.288. The Labute approximate surface area is 75.8 Å². The lowest BCUT2D eigenvalue weighted by Crippen LogP contribution is -1.91. The summed E-state index contributed by atoms with van der Waals surface area (Å²) in [5.74, 6) is 0. The van der Waals surface area contributed by atoms with E-state index in [4.69, 9.17) is 5.11 Å². The topological polar surface area (TPSA) is 50.4 Å². The van der Waals surface area contributed by atoms with E-state index >= 15 is 0 Å². The molecule has 2 aromatic heterocycles. The van der Waals surface area contributed by atoms with Crippen molar-refractivity contribution in [3.8, 4) is 0 Å². The van der Waals surface area contributed by atoms with E-state index in [1.807, 2.05) is 18.3 Å². The zero-order valence-corrected chi connectivity index (χ0v) is 7.22. The molecular weight excluding hydrogens is 166 g/mol. The molecule has 13 heavy (non-hydrogen) atoms. The molecule has 0 bridgehead atoms. The zero-order chi connectivity index (χ0) is 9.10. The van der Waals surface area contributed by atoms with Crippen molar-refractivity contribution < 1.29 is 5.11 Å². The van der Waals surface area contributed by atoms with Gasteiger partial charge in [-0.1, -0.05) is 0 Å². The van der Waals surface area contributed by atoms with Gasteiger partial charge in [0.25, 0.3) is 0 Å². The molecule has 0 aliphatic rings. The predicted octanol–water partition coefficient (Wildman–Crippen LogP) is 0.654. The highest BCUT2D eigenvalue weighted by Crippen LogP contribution is 2.04. The third-order valence-corrected chi connectivity index (χ3v) is 1.88. The number of aryl methyl sites for hydroxylation is 1. The van der Waals surface area contributed by atoms with Crippen LogP contribution in [0.15, 0.2) is 24.5 Å². The van der Waals surface area contributed by atoms with Crippen molar-refractivity contribution in [2.24, 2.45) is 0 Å². The number of hydrogen-bond acceptors (Lipinski definition) is 3. The van der Waals surface area contributed by atoms with E-state index in [0.717, 1.165) is 24.2 Å². The van der Waals surface area contributed by atoms with E-state index in [2.05, 4.69) is 10.1 Å². The Bertz CT molecular complexity index is 363. The molecule has 68 valence electrons. The average Bonchev–Trinajstić information content (AvgIpc) is 2.57. The third kappa shape index (κ3) is 1.67. The second-order valence-electron chi connectivity index (χ2n) is 2.89. The standard InChI is InChI=1S/C9H11N3O/c13-6-1-3-8-7-9-10-4-2-5-12(9)11-8/h2,4-5,7,13H,1,3,6H2. The van der Waals surface area contributed by atoms with Gasteiger partial charge < -0.3 is 5.11 Å². The molecular formula is C9H11N3O. The molecule has 0 aliphatic heterocycles. The number of aliphatic hydroxyl groups is 1. The van der Waals surface area contributed by atoms with Crippen molar-refractivity contribution in [1.82, 2.24) is 14.6 Å². The SMILES string of the molecule is OCCCc1cc2ncccn2n1. The first-order chi connectivity index (χ1) is 6.40. The molecule has 0 aliphatic carbocycles. The van der Waals surface area contributed by atoms with Crippen LogP contribution in [-0.4, -0.2) is 26.3 Å². The van der Waals surface area contributed by atoms with Crippen molar-refractivity contribution in [2.45, 2.75) is 12.8 Å². The molecule has 0 aromatic carbocycles. The zero-order valence-electron chi connectivity index (χ0n) is 7.22. The van der Waals surface area contributed by atoms with E-state index in [1.54, 1.807) is 10.7 Å². The summed E-state index contributed by atoms with van der Waals surface area (Å²) in [5, 5.41) is 12.9. The predicted molar refractivity (Wildman–Crippen MR) is 48.4 cm³/mol. The number of aromatic nitrogens is 3. The van der Waals surface area contributed by atoms with Crippen LogP contribution >= 0.6 is 0 Å². The van der Waals surface area contributed by atoms with Crippen LogP contribution in [0.5, 0.6) is 0 Å². The first kappa shape index (κ1) is 8.19. The lowest BCUT2D eigenvalue weighted by Gasteiger charge is -1.90. The highest BCUT2D eigenvalue weighted by atomic mass is 16.2. The van der Waals surface area contributed by atoms with Gasteiger partial charge in [0, 0.05) is 25.1 Å². The van der Waals surface area contributed by atoms with Gasteiger partial charge in [0.2, 0.25) is 0 Å². The summed E-state index contributed by atoms with van der Waals surface area (Å²) in [5.41, 5.74) is 1.84. The first-order valence-electron chi connectivity index (χ1n) is 4.30. The largest absolute Gasteiger partial charge is 0.396 e. The van der Waals surface area contributed by atoms with Crippen molar-refractivity contribution in [3.63, 3.8) is 0 Å². The molecule has 0 radical (unpaired) electrons. The lowest BCUT2D eigenvalue weighted by atomic mass is 10.2. The quantitative estimate of drug-likeness (QED) is 0.749. The van der Waals surface area contributed by atoms with E-state index in [0.29, 0.717) is 0 Å². The fourth-order valence-corrected chi connectivity index (χ4v) is 1.26. The third-order valence-electron chi connectivity index (χ3n) is 1.88. The van der Waals surface area contributed by atoms with Crippen LogP contribution in [0.4, 0.5) is 0 Å². The molecule has 4 heteroatoms. The summed E-state index contributed by atoms with van der Waals surface area (Å²) in [7, 11) is 0. The van der Waals surface area contributed by atoms with Crippen molar-refractivity contribution in [3.05, 3.63) is 30.2 Å². The Morgan fingerprint density at radius 1 is 1.46 bits per heavy atom. The Kier molecular flexibility index (Phi) is 2.23. The van der Waals surface area contributed by atoms with Gasteiger partial charge in [-0.2, -0.15) is 5.10 Å². The molecule has 0 fully saturated rings. The highest BCUT2D eigenvalue weighted by Gasteiger charge is 2.00. The van der Waals surface area contributed by atoms with Crippen molar-refractivity contribution >= 4 is 5.65 Å². The average molecular weight is 177 g/mol. The normalized spacial score (nSPS) is 10.8. The number of aliphatic hydroxyl groups excluding tert-OH is 1. The summed E-state index contributed by atoms with van der Waals surface area (Å²) in [6.07, 6.45) is 5.17. The molecule has 2 rings (SSSR count). The minimum atomic E-state index is 0.210. The van der Waals surface area contributed by atoms with Crippen molar-refractivity contribution in [2.75, 3.05) is 6.61 Å². The molecule has 2 heterocycles. The van der Waals surface area contributed by atoms with Gasteiger partial charge in [-0.15, -0.1) is 0 Å². The molecule has 4 nitrogen and oxygen atoms in total. The van der Waals surface area contributed by atoms with E-state index in [-0.39, 0.29) is 6.61 Å². The highest BCUT2D eigenvalue weighted by molar-refractivity contribution is 5.38. The maximum atomic E-state index is 8.65. The van der Waals surface area contributed by atoms with Gasteiger partial charge in [0.05, 0.1) is 5.69 Å². The van der Waals surface area contributed by atoms with Gasteiger partial charge in [-0.05, 0) is 18.9 Å². The van der Waals surface area contributed by atoms with Crippen LogP contribution < -0.4 is 0 Å². The fraction of sp³-hybridized carbons (Fsp3) is 0.333. The van der Waals surface area contributed by atoms with Gasteiger partial charge in [0.15, 0.2) is 5.65 Å². The van der Waals surface area contributed by atoms with Crippen LogP contribution in [0, 0.1) is 0 Å². The summed E-state index contributed by atoms with van der Waals surface area (Å²) >= 11 is 0. The van der Waals surface area contributed by atoms with Crippen LogP contribution in [0.1, 0.15) is 12.1 Å².